The summed E-state index contributed by atoms with van der Waals surface area (Å²) in [5.41, 5.74) is 0. The van der Waals surface area contributed by atoms with E-state index >= 15 is 0 Å². The second-order valence-electron chi connectivity index (χ2n) is 5.03. The molecule has 0 radical (unpaired) electrons. The Bertz CT molecular complexity index is 435. The van der Waals surface area contributed by atoms with Crippen LogP contribution in [0, 0.1) is 0 Å². The van der Waals surface area contributed by atoms with Gasteiger partial charge in [0.05, 0.1) is 13.2 Å². The lowest BCUT2D eigenvalue weighted by Crippen LogP contribution is -2.39. The van der Waals surface area contributed by atoms with Crippen LogP contribution in [0.2, 0.25) is 0 Å². The van der Waals surface area contributed by atoms with Crippen molar-refractivity contribution in [3.8, 4) is 0 Å². The highest BCUT2D eigenvalue weighted by Gasteiger charge is 2.02. The van der Waals surface area contributed by atoms with Crippen molar-refractivity contribution in [1.29, 1.82) is 0 Å². The van der Waals surface area contributed by atoms with Crippen LogP contribution in [0.4, 0.5) is 0 Å². The van der Waals surface area contributed by atoms with E-state index in [-0.39, 0.29) is 0 Å². The zero-order valence-corrected chi connectivity index (χ0v) is 14.5. The van der Waals surface area contributed by atoms with E-state index in [9.17, 15) is 0 Å². The summed E-state index contributed by atoms with van der Waals surface area (Å²) in [4.78, 5) is 4.21. The van der Waals surface area contributed by atoms with E-state index in [0.717, 1.165) is 57.3 Å². The second kappa shape index (κ2) is 12.8. The first-order valence-electron chi connectivity index (χ1n) is 8.19. The number of hydrogen-bond acceptors (Lipinski definition) is 5. The molecule has 2 N–H and O–H groups in total. The Hall–Kier alpha value is -1.67. The first-order chi connectivity index (χ1) is 11.3. The Morgan fingerprint density at radius 2 is 2.04 bits per heavy atom. The summed E-state index contributed by atoms with van der Waals surface area (Å²) in [5, 5.41) is 14.6. The van der Waals surface area contributed by atoms with Crippen molar-refractivity contribution in [2.45, 2.75) is 32.7 Å². The number of aliphatic imine (C=N–C) groups is 1. The number of nitrogens with zero attached hydrogens (tertiary/aromatic N) is 4. The largest absolute Gasteiger partial charge is 0.382 e. The van der Waals surface area contributed by atoms with Gasteiger partial charge in [0.15, 0.2) is 5.96 Å². The molecule has 0 spiro atoms. The van der Waals surface area contributed by atoms with Crippen molar-refractivity contribution in [2.75, 3.05) is 47.1 Å². The highest BCUT2D eigenvalue weighted by molar-refractivity contribution is 5.79. The predicted molar refractivity (Wildman–Crippen MR) is 90.7 cm³/mol. The number of aryl methyl sites for hydroxylation is 1. The van der Waals surface area contributed by atoms with Gasteiger partial charge >= 0.3 is 0 Å². The third kappa shape index (κ3) is 8.51. The average Bonchev–Trinajstić information content (AvgIpc) is 3.03. The minimum atomic E-state index is 0.654. The molecule has 0 saturated heterocycles. The lowest BCUT2D eigenvalue weighted by Gasteiger charge is -2.12. The second-order valence-corrected chi connectivity index (χ2v) is 5.03. The van der Waals surface area contributed by atoms with Gasteiger partial charge in [-0.2, -0.15) is 0 Å². The van der Waals surface area contributed by atoms with Gasteiger partial charge in [-0.15, -0.1) is 10.2 Å². The number of guanidine groups is 1. The maximum Gasteiger partial charge on any atom is 0.191 e. The van der Waals surface area contributed by atoms with Gasteiger partial charge in [-0.05, 0) is 12.8 Å². The topological polar surface area (TPSA) is 85.6 Å². The summed E-state index contributed by atoms with van der Waals surface area (Å²) in [6.07, 6.45) is 4.72. The summed E-state index contributed by atoms with van der Waals surface area (Å²) < 4.78 is 12.4. The van der Waals surface area contributed by atoms with Crippen LogP contribution in [0.5, 0.6) is 0 Å². The molecule has 0 fully saturated rings. The number of unbranched alkanes of at least 4 members (excludes halogenated alkanes) is 1. The molecule has 0 unspecified atom stereocenters. The molecule has 8 nitrogen and oxygen atoms in total. The standard InChI is InChI=1S/C15H30N6O2/c1-4-14-20-19-13-21(14)9-8-18-15(16-2)17-7-5-6-10-23-12-11-22-3/h13H,4-12H2,1-3H3,(H2,16,17,18). The number of hydrogen-bond donors (Lipinski definition) is 2. The molecule has 1 aromatic rings. The predicted octanol–water partition coefficient (Wildman–Crippen LogP) is 0.449. The third-order valence-corrected chi connectivity index (χ3v) is 3.32. The Morgan fingerprint density at radius 3 is 2.78 bits per heavy atom. The molecular weight excluding hydrogens is 296 g/mol. The molecule has 1 heterocycles. The number of ether oxygens (including phenoxy) is 2. The fourth-order valence-corrected chi connectivity index (χ4v) is 2.04. The Morgan fingerprint density at radius 1 is 1.22 bits per heavy atom. The van der Waals surface area contributed by atoms with Gasteiger partial charge in [-0.3, -0.25) is 4.99 Å². The van der Waals surface area contributed by atoms with Crippen molar-refractivity contribution in [2.24, 2.45) is 4.99 Å². The number of aromatic nitrogens is 3. The van der Waals surface area contributed by atoms with Crippen molar-refractivity contribution in [3.05, 3.63) is 12.2 Å². The summed E-state index contributed by atoms with van der Waals surface area (Å²) in [6, 6.07) is 0. The summed E-state index contributed by atoms with van der Waals surface area (Å²) in [7, 11) is 3.46. The zero-order chi connectivity index (χ0) is 16.8. The van der Waals surface area contributed by atoms with Crippen LogP contribution in [-0.2, 0) is 22.4 Å². The highest BCUT2D eigenvalue weighted by atomic mass is 16.5. The molecule has 0 saturated carbocycles. The van der Waals surface area contributed by atoms with E-state index in [1.54, 1.807) is 20.5 Å². The van der Waals surface area contributed by atoms with E-state index in [1.165, 1.54) is 0 Å². The Labute approximate surface area is 138 Å². The molecule has 23 heavy (non-hydrogen) atoms. The monoisotopic (exact) mass is 326 g/mol. The lowest BCUT2D eigenvalue weighted by molar-refractivity contribution is 0.0689. The van der Waals surface area contributed by atoms with Crippen LogP contribution in [0.1, 0.15) is 25.6 Å². The number of rotatable bonds is 12. The van der Waals surface area contributed by atoms with Gasteiger partial charge in [0.1, 0.15) is 12.2 Å². The van der Waals surface area contributed by atoms with Gasteiger partial charge < -0.3 is 24.7 Å². The first-order valence-corrected chi connectivity index (χ1v) is 8.19. The van der Waals surface area contributed by atoms with Gasteiger partial charge in [-0.1, -0.05) is 6.92 Å². The van der Waals surface area contributed by atoms with Crippen molar-refractivity contribution < 1.29 is 9.47 Å². The van der Waals surface area contributed by atoms with Gasteiger partial charge in [0.2, 0.25) is 0 Å². The van der Waals surface area contributed by atoms with E-state index < -0.39 is 0 Å². The van der Waals surface area contributed by atoms with Crippen LogP contribution in [-0.4, -0.2) is 67.8 Å². The number of methoxy groups -OCH3 is 1. The van der Waals surface area contributed by atoms with Crippen molar-refractivity contribution in [1.82, 2.24) is 25.4 Å². The fourth-order valence-electron chi connectivity index (χ4n) is 2.04. The summed E-state index contributed by atoms with van der Waals surface area (Å²) >= 11 is 0. The number of nitrogens with one attached hydrogen (secondary N) is 2. The molecule has 1 rings (SSSR count). The van der Waals surface area contributed by atoms with E-state index in [1.807, 2.05) is 0 Å². The SMILES string of the molecule is CCc1nncn1CCNC(=NC)NCCCCOCCOC. The lowest BCUT2D eigenvalue weighted by atomic mass is 10.3. The summed E-state index contributed by atoms with van der Waals surface area (Å²) in [6.45, 7) is 6.64. The van der Waals surface area contributed by atoms with Crippen LogP contribution in [0.3, 0.4) is 0 Å². The van der Waals surface area contributed by atoms with Crippen LogP contribution in [0.15, 0.2) is 11.3 Å². The van der Waals surface area contributed by atoms with Crippen molar-refractivity contribution in [3.63, 3.8) is 0 Å². The minimum absolute atomic E-state index is 0.654. The van der Waals surface area contributed by atoms with Gasteiger partial charge in [0, 0.05) is 46.8 Å². The maximum absolute atomic E-state index is 5.42. The molecule has 132 valence electrons. The quantitative estimate of drug-likeness (QED) is 0.329. The normalized spacial score (nSPS) is 11.7. The molecule has 0 amide bonds. The van der Waals surface area contributed by atoms with Gasteiger partial charge in [-0.25, -0.2) is 0 Å². The van der Waals surface area contributed by atoms with Crippen molar-refractivity contribution >= 4 is 5.96 Å². The molecule has 0 aromatic carbocycles. The molecule has 8 heteroatoms. The molecule has 1 aromatic heterocycles. The van der Waals surface area contributed by atoms with Crippen LogP contribution in [0.25, 0.3) is 0 Å². The Balaban J connectivity index is 2.06. The fraction of sp³-hybridized carbons (Fsp3) is 0.800. The summed E-state index contributed by atoms with van der Waals surface area (Å²) in [5.74, 6) is 1.82. The first kappa shape index (κ1) is 19.4. The average molecular weight is 326 g/mol. The minimum Gasteiger partial charge on any atom is -0.382 e. The maximum atomic E-state index is 5.42. The zero-order valence-electron chi connectivity index (χ0n) is 14.5. The molecule has 0 aliphatic heterocycles. The van der Waals surface area contributed by atoms with Crippen LogP contribution < -0.4 is 10.6 Å². The van der Waals surface area contributed by atoms with E-state index in [2.05, 4.69) is 37.3 Å². The Kier molecular flexibility index (Phi) is 10.8. The molecular formula is C15H30N6O2. The molecule has 0 atom stereocenters. The smallest absolute Gasteiger partial charge is 0.191 e. The van der Waals surface area contributed by atoms with E-state index in [0.29, 0.717) is 13.2 Å². The van der Waals surface area contributed by atoms with E-state index in [4.69, 9.17) is 9.47 Å². The molecule has 0 aliphatic rings. The third-order valence-electron chi connectivity index (χ3n) is 3.32. The molecule has 0 aliphatic carbocycles. The highest BCUT2D eigenvalue weighted by Crippen LogP contribution is 1.94. The van der Waals surface area contributed by atoms with Gasteiger partial charge in [0.25, 0.3) is 0 Å². The molecule has 0 bridgehead atoms. The van der Waals surface area contributed by atoms with Crippen LogP contribution >= 0.6 is 0 Å².